The van der Waals surface area contributed by atoms with E-state index in [1.165, 1.54) is 18.3 Å². The zero-order valence-corrected chi connectivity index (χ0v) is 22.0. The summed E-state index contributed by atoms with van der Waals surface area (Å²) < 4.78 is 25.2. The van der Waals surface area contributed by atoms with Crippen LogP contribution >= 0.6 is 0 Å². The highest BCUT2D eigenvalue weighted by Crippen LogP contribution is 2.37. The number of aromatic nitrogens is 4. The van der Waals surface area contributed by atoms with Gasteiger partial charge < -0.3 is 15.7 Å². The molecule has 0 bridgehead atoms. The fourth-order valence-electron chi connectivity index (χ4n) is 4.30. The second kappa shape index (κ2) is 10.0. The lowest BCUT2D eigenvalue weighted by molar-refractivity contribution is 0.200. The van der Waals surface area contributed by atoms with Crippen molar-refractivity contribution in [2.75, 3.05) is 17.2 Å². The fraction of sp³-hybridized carbons (Fsp3) is 0.379. The molecule has 1 fully saturated rings. The lowest BCUT2D eigenvalue weighted by atomic mass is 9.96. The first-order valence-corrected chi connectivity index (χ1v) is 12.7. The lowest BCUT2D eigenvalue weighted by Crippen LogP contribution is -2.20. The maximum atomic E-state index is 13.8. The van der Waals surface area contributed by atoms with E-state index in [4.69, 9.17) is 0 Å². The van der Waals surface area contributed by atoms with Gasteiger partial charge in [-0.2, -0.15) is 5.26 Å². The van der Waals surface area contributed by atoms with Gasteiger partial charge in [-0.3, -0.25) is 4.98 Å². The molecule has 38 heavy (non-hydrogen) atoms. The second-order valence-corrected chi connectivity index (χ2v) is 11.0. The van der Waals surface area contributed by atoms with Crippen molar-refractivity contribution in [3.63, 3.8) is 0 Å². The van der Waals surface area contributed by atoms with E-state index in [0.29, 0.717) is 51.2 Å². The third-order valence-corrected chi connectivity index (χ3v) is 6.46. The van der Waals surface area contributed by atoms with E-state index in [1.807, 2.05) is 6.07 Å². The van der Waals surface area contributed by atoms with Gasteiger partial charge in [-0.05, 0) is 55.0 Å². The molecule has 5 rings (SSSR count). The zero-order valence-electron chi connectivity index (χ0n) is 23.0. The minimum Gasteiger partial charge on any atom is -0.389 e. The number of anilines is 2. The Bertz CT molecular complexity index is 1550. The Morgan fingerprint density at radius 3 is 2.63 bits per heavy atom. The second-order valence-electron chi connectivity index (χ2n) is 11.0. The van der Waals surface area contributed by atoms with Crippen LogP contribution in [0.4, 0.5) is 15.8 Å². The largest absolute Gasteiger partial charge is 0.389 e. The van der Waals surface area contributed by atoms with Crippen LogP contribution in [0.1, 0.15) is 82.5 Å². The molecular weight excluding hydrogens is 481 g/mol. The molecule has 0 radical (unpaired) electrons. The Balaban J connectivity index is 1.67. The van der Waals surface area contributed by atoms with Crippen molar-refractivity contribution in [2.45, 2.75) is 58.7 Å². The predicted molar refractivity (Wildman–Crippen MR) is 145 cm³/mol. The first-order valence-electron chi connectivity index (χ1n) is 13.2. The molecule has 2 unspecified atom stereocenters. The summed E-state index contributed by atoms with van der Waals surface area (Å²) in [4.78, 5) is 4.51. The molecule has 1 saturated carbocycles. The van der Waals surface area contributed by atoms with Crippen LogP contribution in [0.3, 0.4) is 0 Å². The summed E-state index contributed by atoms with van der Waals surface area (Å²) in [5, 5.41) is 36.4. The summed E-state index contributed by atoms with van der Waals surface area (Å²) in [5.41, 5.74) is 3.37. The number of benzene rings is 2. The maximum absolute atomic E-state index is 13.8. The topological polar surface area (TPSA) is 112 Å². The number of hydrogen-bond donors (Lipinski definition) is 3. The monoisotopic (exact) mass is 514 g/mol. The summed E-state index contributed by atoms with van der Waals surface area (Å²) in [7, 11) is 0. The molecule has 0 amide bonds. The minimum atomic E-state index is -1.62. The lowest BCUT2D eigenvalue weighted by Gasteiger charge is -2.23. The number of nitriles is 1. The molecule has 2 aromatic carbocycles. The Labute approximate surface area is 222 Å². The van der Waals surface area contributed by atoms with Crippen LogP contribution in [0, 0.1) is 22.6 Å². The van der Waals surface area contributed by atoms with Crippen molar-refractivity contribution in [2.24, 2.45) is 5.41 Å². The standard InChI is InChI=1S/C29H32FN7O/c1-17(38)23-11-21(12-24-26(33-16-29(2,3)4)19(13-31)14-32-28(23)24)34-27(18-5-7-20(30)8-6-18)25-15-37(36-35-25)22-9-10-22/h5-8,11-12,14-15,17,22,27,34,38H,9-10,16H2,1-4H3,(H,32,33)/i27D. The number of rotatable bonds is 8. The highest BCUT2D eigenvalue weighted by molar-refractivity contribution is 5.98. The van der Waals surface area contributed by atoms with Crippen molar-refractivity contribution in [1.29, 1.82) is 5.26 Å². The Hall–Kier alpha value is -4.03. The summed E-state index contributed by atoms with van der Waals surface area (Å²) in [6, 6.07) is 10.2. The molecule has 0 saturated heterocycles. The van der Waals surface area contributed by atoms with E-state index in [1.54, 1.807) is 36.0 Å². The fourth-order valence-corrected chi connectivity index (χ4v) is 4.30. The zero-order chi connectivity index (χ0) is 27.9. The van der Waals surface area contributed by atoms with Crippen LogP contribution < -0.4 is 10.6 Å². The molecule has 8 nitrogen and oxygen atoms in total. The van der Waals surface area contributed by atoms with Crippen molar-refractivity contribution < 1.29 is 10.9 Å². The number of fused-ring (bicyclic) bond motifs is 1. The molecule has 0 spiro atoms. The van der Waals surface area contributed by atoms with Crippen molar-refractivity contribution >= 4 is 22.3 Å². The van der Waals surface area contributed by atoms with Crippen molar-refractivity contribution in [3.8, 4) is 6.07 Å². The average molecular weight is 515 g/mol. The maximum Gasteiger partial charge on any atom is 0.123 e. The van der Waals surface area contributed by atoms with Gasteiger partial charge in [-0.15, -0.1) is 5.10 Å². The summed E-state index contributed by atoms with van der Waals surface area (Å²) in [6.45, 7) is 8.53. The van der Waals surface area contributed by atoms with Gasteiger partial charge in [-0.1, -0.05) is 38.1 Å². The van der Waals surface area contributed by atoms with E-state index >= 15 is 0 Å². The number of halogens is 1. The van der Waals surface area contributed by atoms with Gasteiger partial charge in [0.2, 0.25) is 0 Å². The van der Waals surface area contributed by atoms with Gasteiger partial charge in [-0.25, -0.2) is 9.07 Å². The summed E-state index contributed by atoms with van der Waals surface area (Å²) >= 11 is 0. The van der Waals surface area contributed by atoms with Gasteiger partial charge in [0.05, 0.1) is 42.5 Å². The highest BCUT2D eigenvalue weighted by atomic mass is 19.1. The molecule has 1 aliphatic carbocycles. The number of aliphatic hydroxyl groups excluding tert-OH is 1. The quantitative estimate of drug-likeness (QED) is 0.269. The van der Waals surface area contributed by atoms with E-state index in [9.17, 15) is 16.1 Å². The average Bonchev–Trinajstić information content (AvgIpc) is 3.62. The number of pyridine rings is 1. The summed E-state index contributed by atoms with van der Waals surface area (Å²) in [6.07, 6.45) is 4.42. The van der Waals surface area contributed by atoms with Crippen LogP contribution in [0.15, 0.2) is 48.8 Å². The molecule has 2 atom stereocenters. The highest BCUT2D eigenvalue weighted by Gasteiger charge is 2.27. The molecular formula is C29H32FN7O. The van der Waals surface area contributed by atoms with E-state index in [2.05, 4.69) is 52.8 Å². The molecule has 0 aliphatic heterocycles. The Morgan fingerprint density at radius 2 is 2.00 bits per heavy atom. The molecule has 9 heteroatoms. The SMILES string of the molecule is [2H]C(Nc1cc(C(C)O)c2ncc(C#N)c(NCC(C)(C)C)c2c1)(c1ccc(F)cc1)c1cn(C2CC2)nn1. The van der Waals surface area contributed by atoms with Crippen molar-refractivity contribution in [1.82, 2.24) is 20.0 Å². The van der Waals surface area contributed by atoms with E-state index < -0.39 is 17.9 Å². The first kappa shape index (κ1) is 24.3. The van der Waals surface area contributed by atoms with Gasteiger partial charge in [0, 0.05) is 29.4 Å². The molecule has 196 valence electrons. The Morgan fingerprint density at radius 1 is 1.26 bits per heavy atom. The third-order valence-electron chi connectivity index (χ3n) is 6.46. The van der Waals surface area contributed by atoms with Gasteiger partial charge in [0.15, 0.2) is 0 Å². The van der Waals surface area contributed by atoms with Gasteiger partial charge in [0.1, 0.15) is 17.6 Å². The predicted octanol–water partition coefficient (Wildman–Crippen LogP) is 5.88. The van der Waals surface area contributed by atoms with Crippen LogP contribution in [0.5, 0.6) is 0 Å². The normalized spacial score (nSPS) is 16.4. The molecule has 4 aromatic rings. The first-order chi connectivity index (χ1) is 18.5. The van der Waals surface area contributed by atoms with Crippen LogP contribution in [0.25, 0.3) is 10.9 Å². The van der Waals surface area contributed by atoms with Crippen LogP contribution in [0.2, 0.25) is 0 Å². The molecule has 2 aromatic heterocycles. The smallest absolute Gasteiger partial charge is 0.123 e. The van der Waals surface area contributed by atoms with E-state index in [-0.39, 0.29) is 11.5 Å². The van der Waals surface area contributed by atoms with Gasteiger partial charge >= 0.3 is 0 Å². The van der Waals surface area contributed by atoms with Crippen LogP contribution in [-0.2, 0) is 0 Å². The van der Waals surface area contributed by atoms with Crippen LogP contribution in [-0.4, -0.2) is 31.6 Å². The minimum absolute atomic E-state index is 0.0580. The third kappa shape index (κ3) is 5.46. The number of nitrogens with zero attached hydrogens (tertiary/aromatic N) is 5. The van der Waals surface area contributed by atoms with Gasteiger partial charge in [0.25, 0.3) is 0 Å². The molecule has 1 aliphatic rings. The molecule has 3 N–H and O–H groups in total. The molecule has 2 heterocycles. The Kier molecular flexibility index (Phi) is 6.42. The summed E-state index contributed by atoms with van der Waals surface area (Å²) in [5.74, 6) is -0.408. The van der Waals surface area contributed by atoms with E-state index in [0.717, 1.165) is 12.8 Å². The van der Waals surface area contributed by atoms with Crippen molar-refractivity contribution in [3.05, 3.63) is 77.0 Å². The number of nitrogens with one attached hydrogen (secondary N) is 2. The number of aliphatic hydroxyl groups is 1. The number of hydrogen-bond acceptors (Lipinski definition) is 7.